The van der Waals surface area contributed by atoms with Gasteiger partial charge in [-0.05, 0) is 5.53 Å². The standard InChI is InChI=1S/C6H11N3O5/c7-9-8-3-4(11)2(1-10)14-6(13)5(3)12/h2-6,10-13H,1H2/t2-,3+,4-,5+,6-/m1/s1. The molecule has 0 bridgehead atoms. The Balaban J connectivity index is 2.82. The molecule has 0 amide bonds. The Morgan fingerprint density at radius 2 is 1.93 bits per heavy atom. The van der Waals surface area contributed by atoms with Crippen molar-refractivity contribution in [2.75, 3.05) is 6.61 Å². The number of rotatable bonds is 2. The van der Waals surface area contributed by atoms with E-state index in [-0.39, 0.29) is 0 Å². The van der Waals surface area contributed by atoms with Crippen LogP contribution >= 0.6 is 0 Å². The fourth-order valence-electron chi connectivity index (χ4n) is 1.28. The predicted octanol–water partition coefficient (Wildman–Crippen LogP) is -1.90. The van der Waals surface area contributed by atoms with Crippen LogP contribution in [0.25, 0.3) is 10.4 Å². The van der Waals surface area contributed by atoms with Gasteiger partial charge in [0.2, 0.25) is 0 Å². The molecule has 1 aliphatic rings. The highest BCUT2D eigenvalue weighted by Gasteiger charge is 2.43. The Morgan fingerprint density at radius 3 is 2.43 bits per heavy atom. The van der Waals surface area contributed by atoms with Gasteiger partial charge >= 0.3 is 0 Å². The number of nitrogens with zero attached hydrogens (tertiary/aromatic N) is 3. The van der Waals surface area contributed by atoms with Gasteiger partial charge in [0.15, 0.2) is 6.29 Å². The van der Waals surface area contributed by atoms with Crippen molar-refractivity contribution < 1.29 is 25.2 Å². The minimum atomic E-state index is -1.58. The highest BCUT2D eigenvalue weighted by molar-refractivity contribution is 4.93. The first kappa shape index (κ1) is 11.2. The van der Waals surface area contributed by atoms with E-state index in [1.165, 1.54) is 0 Å². The fourth-order valence-corrected chi connectivity index (χ4v) is 1.28. The summed E-state index contributed by atoms with van der Waals surface area (Å²) in [4.78, 5) is 2.42. The van der Waals surface area contributed by atoms with Crippen molar-refractivity contribution in [1.82, 2.24) is 0 Å². The van der Waals surface area contributed by atoms with Crippen molar-refractivity contribution >= 4 is 0 Å². The molecule has 0 spiro atoms. The molecule has 0 aliphatic carbocycles. The van der Waals surface area contributed by atoms with Gasteiger partial charge in [0.05, 0.1) is 18.8 Å². The molecule has 1 heterocycles. The summed E-state index contributed by atoms with van der Waals surface area (Å²) in [6, 6.07) is -1.22. The van der Waals surface area contributed by atoms with Crippen LogP contribution in [0.15, 0.2) is 5.11 Å². The average Bonchev–Trinajstić information content (AvgIpc) is 2.18. The number of aliphatic hydroxyl groups is 4. The molecule has 1 fully saturated rings. The summed E-state index contributed by atoms with van der Waals surface area (Å²) in [6.45, 7) is -0.539. The third-order valence-corrected chi connectivity index (χ3v) is 2.05. The molecule has 8 nitrogen and oxygen atoms in total. The Morgan fingerprint density at radius 1 is 1.29 bits per heavy atom. The van der Waals surface area contributed by atoms with E-state index in [0.29, 0.717) is 0 Å². The van der Waals surface area contributed by atoms with Crippen LogP contribution in [0.2, 0.25) is 0 Å². The Labute approximate surface area is 79.0 Å². The van der Waals surface area contributed by atoms with Crippen molar-refractivity contribution in [3.8, 4) is 0 Å². The second-order valence-corrected chi connectivity index (χ2v) is 2.92. The van der Waals surface area contributed by atoms with Gasteiger partial charge in [-0.25, -0.2) is 0 Å². The third kappa shape index (κ3) is 1.95. The number of aliphatic hydroxyl groups excluding tert-OH is 4. The van der Waals surface area contributed by atoms with Crippen LogP contribution in [-0.4, -0.2) is 57.7 Å². The smallest absolute Gasteiger partial charge is 0.181 e. The van der Waals surface area contributed by atoms with E-state index in [1.54, 1.807) is 0 Å². The monoisotopic (exact) mass is 205 g/mol. The van der Waals surface area contributed by atoms with Crippen molar-refractivity contribution in [1.29, 1.82) is 0 Å². The van der Waals surface area contributed by atoms with E-state index in [4.69, 9.17) is 15.7 Å². The number of hydrogen-bond donors (Lipinski definition) is 4. The number of azide groups is 1. The summed E-state index contributed by atoms with van der Waals surface area (Å²) < 4.78 is 4.66. The van der Waals surface area contributed by atoms with E-state index in [9.17, 15) is 10.2 Å². The minimum absolute atomic E-state index is 0.539. The van der Waals surface area contributed by atoms with Gasteiger partial charge in [-0.1, -0.05) is 5.11 Å². The summed E-state index contributed by atoms with van der Waals surface area (Å²) in [5, 5.41) is 39.7. The molecule has 1 aliphatic heterocycles. The lowest BCUT2D eigenvalue weighted by Gasteiger charge is -2.37. The molecule has 4 N–H and O–H groups in total. The zero-order chi connectivity index (χ0) is 10.7. The molecular formula is C6H11N3O5. The second-order valence-electron chi connectivity index (χ2n) is 2.92. The lowest BCUT2D eigenvalue weighted by Crippen LogP contribution is -2.57. The SMILES string of the molecule is [N-]=[N+]=N[C@@H]1[C@H](O)[C@H](O)O[C@H](CO)[C@H]1O. The Hall–Kier alpha value is -0.890. The van der Waals surface area contributed by atoms with Crippen LogP contribution in [0.5, 0.6) is 0 Å². The highest BCUT2D eigenvalue weighted by atomic mass is 16.6. The van der Waals surface area contributed by atoms with Crippen LogP contribution in [0.4, 0.5) is 0 Å². The maximum Gasteiger partial charge on any atom is 0.181 e. The first-order valence-electron chi connectivity index (χ1n) is 3.96. The summed E-state index contributed by atoms with van der Waals surface area (Å²) in [6.07, 6.45) is -5.48. The maximum absolute atomic E-state index is 9.43. The fraction of sp³-hybridized carbons (Fsp3) is 1.00. The van der Waals surface area contributed by atoms with Crippen LogP contribution in [0.1, 0.15) is 0 Å². The van der Waals surface area contributed by atoms with Crippen molar-refractivity contribution in [2.24, 2.45) is 5.11 Å². The van der Waals surface area contributed by atoms with Crippen LogP contribution in [0, 0.1) is 0 Å². The topological polar surface area (TPSA) is 139 Å². The van der Waals surface area contributed by atoms with E-state index < -0.39 is 37.3 Å². The zero-order valence-electron chi connectivity index (χ0n) is 7.13. The van der Waals surface area contributed by atoms with Crippen molar-refractivity contribution in [2.45, 2.75) is 30.6 Å². The highest BCUT2D eigenvalue weighted by Crippen LogP contribution is 2.22. The molecule has 1 rings (SSSR count). The molecule has 0 saturated carbocycles. The molecule has 0 aromatic rings. The molecule has 5 atom stereocenters. The van der Waals surface area contributed by atoms with Crippen molar-refractivity contribution in [3.05, 3.63) is 10.4 Å². The minimum Gasteiger partial charge on any atom is -0.394 e. The molecule has 0 aromatic carbocycles. The zero-order valence-corrected chi connectivity index (χ0v) is 7.13. The largest absolute Gasteiger partial charge is 0.394 e. The second kappa shape index (κ2) is 4.56. The predicted molar refractivity (Wildman–Crippen MR) is 42.9 cm³/mol. The lowest BCUT2D eigenvalue weighted by molar-refractivity contribution is -0.258. The van der Waals surface area contributed by atoms with Gasteiger partial charge in [-0.2, -0.15) is 0 Å². The molecular weight excluding hydrogens is 194 g/mol. The summed E-state index contributed by atoms with van der Waals surface area (Å²) in [5.41, 5.74) is 8.15. The van der Waals surface area contributed by atoms with Gasteiger partial charge in [0, 0.05) is 4.91 Å². The molecule has 8 heteroatoms. The third-order valence-electron chi connectivity index (χ3n) is 2.05. The molecule has 1 saturated heterocycles. The van der Waals surface area contributed by atoms with E-state index in [2.05, 4.69) is 14.8 Å². The molecule has 14 heavy (non-hydrogen) atoms. The van der Waals surface area contributed by atoms with Gasteiger partial charge < -0.3 is 25.2 Å². The lowest BCUT2D eigenvalue weighted by atomic mass is 9.97. The Kier molecular flexibility index (Phi) is 3.64. The summed E-state index contributed by atoms with van der Waals surface area (Å²) in [5.74, 6) is 0. The maximum atomic E-state index is 9.43. The molecule has 0 unspecified atom stereocenters. The van der Waals surface area contributed by atoms with Gasteiger partial charge in [0.25, 0.3) is 0 Å². The molecule has 0 radical (unpaired) electrons. The Bertz CT molecular complexity index is 244. The summed E-state index contributed by atoms with van der Waals surface area (Å²) in [7, 11) is 0. The molecule has 80 valence electrons. The first-order chi connectivity index (χ1) is 6.61. The first-order valence-corrected chi connectivity index (χ1v) is 3.96. The van der Waals surface area contributed by atoms with Crippen LogP contribution in [0.3, 0.4) is 0 Å². The van der Waals surface area contributed by atoms with Gasteiger partial charge in [0.1, 0.15) is 12.2 Å². The average molecular weight is 205 g/mol. The van der Waals surface area contributed by atoms with E-state index in [1.807, 2.05) is 0 Å². The van der Waals surface area contributed by atoms with Crippen molar-refractivity contribution in [3.63, 3.8) is 0 Å². The molecule has 0 aromatic heterocycles. The van der Waals surface area contributed by atoms with Gasteiger partial charge in [-0.3, -0.25) is 0 Å². The van der Waals surface area contributed by atoms with E-state index >= 15 is 0 Å². The summed E-state index contributed by atoms with van der Waals surface area (Å²) >= 11 is 0. The normalized spacial score (nSPS) is 43.0. The van der Waals surface area contributed by atoms with E-state index in [0.717, 1.165) is 0 Å². The number of hydrogen-bond acceptors (Lipinski definition) is 6. The van der Waals surface area contributed by atoms with Gasteiger partial charge in [-0.15, -0.1) is 0 Å². The quantitative estimate of drug-likeness (QED) is 0.237. The number of ether oxygens (including phenoxy) is 1. The van der Waals surface area contributed by atoms with Crippen LogP contribution in [-0.2, 0) is 4.74 Å². The van der Waals surface area contributed by atoms with Crippen LogP contribution < -0.4 is 0 Å².